The molecule has 4 aliphatic rings. The number of aromatic hydroxyl groups is 2. The van der Waals surface area contributed by atoms with Crippen LogP contribution >= 0.6 is 0 Å². The van der Waals surface area contributed by atoms with Crippen LogP contribution in [0.4, 0.5) is 0 Å². The van der Waals surface area contributed by atoms with Gasteiger partial charge < -0.3 is 137 Å². The zero-order valence-corrected chi connectivity index (χ0v) is 36.5. The topological polar surface area (TPSA) is 468 Å². The largest absolute Gasteiger partial charge is 0.504 e. The number of phenols is 2. The van der Waals surface area contributed by atoms with Gasteiger partial charge in [-0.15, -0.1) is 0 Å². The molecule has 4 fully saturated rings. The lowest BCUT2D eigenvalue weighted by Gasteiger charge is -2.50. The predicted octanol–water partition coefficient (Wildman–Crippen LogP) is -9.25. The number of aliphatic hydroxyl groups is 9. The van der Waals surface area contributed by atoms with E-state index in [-0.39, 0.29) is 53.0 Å². The molecule has 20 unspecified atom stereocenters. The molecule has 4 saturated heterocycles. The van der Waals surface area contributed by atoms with Gasteiger partial charge in [0.1, 0.15) is 85.5 Å². The number of ether oxygens (including phenoxy) is 9. The minimum Gasteiger partial charge on any atom is -0.504 e. The third-order valence-corrected chi connectivity index (χ3v) is 11.4. The highest BCUT2D eigenvalue weighted by atomic mass is 16.8. The van der Waals surface area contributed by atoms with Crippen LogP contribution in [0.25, 0.3) is 0 Å². The summed E-state index contributed by atoms with van der Waals surface area (Å²) in [6, 6.07) is 2.41. The Labute approximate surface area is 374 Å². The first kappa shape index (κ1) is 60.8. The molecule has 20 atom stereocenters. The number of phenolic OH excluding ortho intramolecular Hbond substituents is 2. The van der Waals surface area contributed by atoms with Gasteiger partial charge in [-0.3, -0.25) is 0 Å². The first-order valence-electron chi connectivity index (χ1n) is 20.5. The van der Waals surface area contributed by atoms with Crippen molar-refractivity contribution in [2.45, 2.75) is 143 Å². The van der Waals surface area contributed by atoms with Gasteiger partial charge in [0.05, 0.1) is 31.9 Å². The second kappa shape index (κ2) is 28.3. The molecule has 384 valence electrons. The minimum atomic E-state index is -1.84. The molecule has 65 heavy (non-hydrogen) atoms. The fourth-order valence-electron chi connectivity index (χ4n) is 8.15. The van der Waals surface area contributed by atoms with Gasteiger partial charge in [0.15, 0.2) is 36.7 Å². The smallest absolute Gasteiger partial charge is 0.187 e. The average Bonchev–Trinajstić information content (AvgIpc) is 3.25. The number of hydrogen-bond acceptors (Lipinski definition) is 23. The molecule has 0 saturated carbocycles. The lowest BCUT2D eigenvalue weighted by molar-refractivity contribution is -0.373. The SMILES string of the molecule is CCNC1C(OC)OC(CO)C(O)C1OC1OC(CNCCc2ccc(O)c(O)c2)C(OC2OC(CO)C(O)C(OC3OC(CO)C(OC)C(O)C3O)C2NCC)C(O)C1O.O.O.O.O. The van der Waals surface area contributed by atoms with E-state index >= 15 is 0 Å². The van der Waals surface area contributed by atoms with Crippen LogP contribution in [0.5, 0.6) is 11.5 Å². The Bertz CT molecular complexity index is 1460. The monoisotopic (exact) mass is 955 g/mol. The summed E-state index contributed by atoms with van der Waals surface area (Å²) in [7, 11) is 2.64. The van der Waals surface area contributed by atoms with Crippen molar-refractivity contribution in [2.24, 2.45) is 0 Å². The summed E-state index contributed by atoms with van der Waals surface area (Å²) in [5, 5.41) is 127. The van der Waals surface area contributed by atoms with Crippen LogP contribution in [0.15, 0.2) is 18.2 Å². The number of hydrogen-bond donors (Lipinski definition) is 14. The Hall–Kier alpha value is -2.18. The molecule has 4 heterocycles. The summed E-state index contributed by atoms with van der Waals surface area (Å²) in [5.41, 5.74) is 0.678. The number of benzene rings is 1. The van der Waals surface area contributed by atoms with Gasteiger partial charge in [-0.2, -0.15) is 0 Å². The molecular formula is C38H73N3O24. The van der Waals surface area contributed by atoms with Crippen molar-refractivity contribution >= 4 is 0 Å². The Kier molecular flexibility index (Phi) is 26.5. The van der Waals surface area contributed by atoms with E-state index in [1.54, 1.807) is 19.9 Å². The minimum absolute atomic E-state index is 0. The highest BCUT2D eigenvalue weighted by Crippen LogP contribution is 2.35. The van der Waals surface area contributed by atoms with E-state index in [1.165, 1.54) is 26.4 Å². The van der Waals surface area contributed by atoms with Crippen molar-refractivity contribution in [1.82, 2.24) is 16.0 Å². The molecule has 0 aliphatic carbocycles. The van der Waals surface area contributed by atoms with Gasteiger partial charge in [0.2, 0.25) is 0 Å². The average molecular weight is 956 g/mol. The van der Waals surface area contributed by atoms with Crippen molar-refractivity contribution in [1.29, 1.82) is 0 Å². The molecule has 0 radical (unpaired) electrons. The van der Waals surface area contributed by atoms with Crippen LogP contribution in [0.3, 0.4) is 0 Å². The van der Waals surface area contributed by atoms with Crippen molar-refractivity contribution in [3.05, 3.63) is 23.8 Å². The molecule has 1 aromatic carbocycles. The van der Waals surface area contributed by atoms with Crippen LogP contribution < -0.4 is 16.0 Å². The lowest BCUT2D eigenvalue weighted by atomic mass is 9.94. The third-order valence-electron chi connectivity index (χ3n) is 11.4. The number of rotatable bonds is 20. The fraction of sp³-hybridized carbons (Fsp3) is 0.842. The molecule has 27 nitrogen and oxygen atoms in total. The van der Waals surface area contributed by atoms with Crippen LogP contribution in [0, 0.1) is 0 Å². The molecule has 1 aromatic rings. The first-order valence-corrected chi connectivity index (χ1v) is 20.5. The van der Waals surface area contributed by atoms with Gasteiger partial charge >= 0.3 is 0 Å². The second-order valence-corrected chi connectivity index (χ2v) is 15.3. The van der Waals surface area contributed by atoms with Crippen LogP contribution in [0.2, 0.25) is 0 Å². The summed E-state index contributed by atoms with van der Waals surface area (Å²) < 4.78 is 53.2. The Morgan fingerprint density at radius 3 is 1.46 bits per heavy atom. The van der Waals surface area contributed by atoms with Crippen LogP contribution in [-0.4, -0.2) is 261 Å². The van der Waals surface area contributed by atoms with Gasteiger partial charge in [-0.1, -0.05) is 19.9 Å². The van der Waals surface area contributed by atoms with Gasteiger partial charge in [-0.25, -0.2) is 0 Å². The molecule has 0 aromatic heterocycles. The van der Waals surface area contributed by atoms with Crippen molar-refractivity contribution in [3.63, 3.8) is 0 Å². The van der Waals surface area contributed by atoms with Crippen LogP contribution in [0.1, 0.15) is 19.4 Å². The zero-order chi connectivity index (χ0) is 44.5. The van der Waals surface area contributed by atoms with Crippen LogP contribution in [-0.2, 0) is 49.1 Å². The van der Waals surface area contributed by atoms with Crippen molar-refractivity contribution < 1.29 is 121 Å². The first-order chi connectivity index (χ1) is 29.3. The third kappa shape index (κ3) is 14.0. The molecule has 5 rings (SSSR count). The van der Waals surface area contributed by atoms with Crippen molar-refractivity contribution in [2.75, 3.05) is 60.2 Å². The van der Waals surface area contributed by atoms with E-state index in [9.17, 15) is 56.2 Å². The zero-order valence-electron chi connectivity index (χ0n) is 36.5. The fourth-order valence-corrected chi connectivity index (χ4v) is 8.15. The van der Waals surface area contributed by atoms with Gasteiger partial charge in [-0.05, 0) is 43.8 Å². The molecular weight excluding hydrogens is 882 g/mol. The molecule has 27 heteroatoms. The summed E-state index contributed by atoms with van der Waals surface area (Å²) in [6.07, 6.45) is -25.3. The van der Waals surface area contributed by atoms with E-state index in [4.69, 9.17) is 42.6 Å². The van der Waals surface area contributed by atoms with E-state index < -0.39 is 143 Å². The Morgan fingerprint density at radius 2 is 0.985 bits per heavy atom. The molecule has 0 bridgehead atoms. The molecule has 0 spiro atoms. The summed E-state index contributed by atoms with van der Waals surface area (Å²) in [4.78, 5) is 0. The Morgan fingerprint density at radius 1 is 0.523 bits per heavy atom. The summed E-state index contributed by atoms with van der Waals surface area (Å²) in [6.45, 7) is 2.38. The Balaban J connectivity index is 0.00000528. The number of nitrogens with one attached hydrogen (secondary N) is 3. The van der Waals surface area contributed by atoms with Gasteiger partial charge in [0, 0.05) is 20.8 Å². The highest BCUT2D eigenvalue weighted by Gasteiger charge is 2.55. The predicted molar refractivity (Wildman–Crippen MR) is 220 cm³/mol. The molecule has 0 amide bonds. The standard InChI is InChI=1S/C38H65N3O20.4H2O/c1-5-40-23-33(25(47)20(13-42)56-35(23)54-4)60-37-30(52)28(50)32(19(55-37)12-39-10-9-16-7-8-17(45)18(46)11-16)59-36-24(41-6-2)34(26(48)21(14-43)57-36)61-38-29(51)27(49)31(53-3)22(15-44)58-38;;;;/h7-8,11,19-52H,5-6,9-10,12-15H2,1-4H3;4*1H2. The maximum absolute atomic E-state index is 11.8. The molecule has 22 N–H and O–H groups in total. The quantitative estimate of drug-likeness (QED) is 0.0426. The lowest BCUT2D eigenvalue weighted by Crippen LogP contribution is -2.70. The van der Waals surface area contributed by atoms with E-state index in [1.807, 2.05) is 0 Å². The highest BCUT2D eigenvalue weighted by molar-refractivity contribution is 5.40. The van der Waals surface area contributed by atoms with E-state index in [0.717, 1.165) is 0 Å². The molecule has 4 aliphatic heterocycles. The second-order valence-electron chi connectivity index (χ2n) is 15.3. The number of aliphatic hydroxyl groups excluding tert-OH is 9. The van der Waals surface area contributed by atoms with Gasteiger partial charge in [0.25, 0.3) is 0 Å². The summed E-state index contributed by atoms with van der Waals surface area (Å²) >= 11 is 0. The van der Waals surface area contributed by atoms with Crippen molar-refractivity contribution in [3.8, 4) is 11.5 Å². The number of likely N-dealkylation sites (N-methyl/N-ethyl adjacent to an activating group) is 2. The van der Waals surface area contributed by atoms with E-state index in [2.05, 4.69) is 16.0 Å². The maximum atomic E-state index is 11.8. The number of methoxy groups -OCH3 is 2. The maximum Gasteiger partial charge on any atom is 0.187 e. The van der Waals surface area contributed by atoms with E-state index in [0.29, 0.717) is 18.5 Å². The summed E-state index contributed by atoms with van der Waals surface area (Å²) in [5.74, 6) is -0.578. The normalized spacial score (nSPS) is 39.5.